The summed E-state index contributed by atoms with van der Waals surface area (Å²) < 4.78 is 0. The monoisotopic (exact) mass is 303 g/mol. The van der Waals surface area contributed by atoms with Gasteiger partial charge in [-0.3, -0.25) is 0 Å². The van der Waals surface area contributed by atoms with E-state index in [1.807, 2.05) is 18.3 Å². The van der Waals surface area contributed by atoms with Crippen LogP contribution >= 0.6 is 0 Å². The van der Waals surface area contributed by atoms with Gasteiger partial charge in [-0.1, -0.05) is 26.5 Å². The molecule has 22 heavy (non-hydrogen) atoms. The fraction of sp³-hybridized carbons (Fsp3) is 0.588. The van der Waals surface area contributed by atoms with Gasteiger partial charge in [-0.25, -0.2) is 4.98 Å². The summed E-state index contributed by atoms with van der Waals surface area (Å²) in [6, 6.07) is 7.11. The van der Waals surface area contributed by atoms with Crippen LogP contribution in [-0.2, 0) is 0 Å². The fourth-order valence-electron chi connectivity index (χ4n) is 2.67. The van der Waals surface area contributed by atoms with Crippen LogP contribution in [0.4, 0.5) is 5.82 Å². The Morgan fingerprint density at radius 2 is 2.09 bits per heavy atom. The van der Waals surface area contributed by atoms with Crippen molar-refractivity contribution in [3.05, 3.63) is 36.8 Å². The molecule has 0 aliphatic carbocycles. The molecule has 0 bridgehead atoms. The summed E-state index contributed by atoms with van der Waals surface area (Å²) >= 11 is 0. The van der Waals surface area contributed by atoms with Gasteiger partial charge in [0.25, 0.3) is 0 Å². The fourth-order valence-corrected chi connectivity index (χ4v) is 2.67. The highest BCUT2D eigenvalue weighted by Gasteiger charge is 2.19. The van der Waals surface area contributed by atoms with Gasteiger partial charge in [0.15, 0.2) is 0 Å². The summed E-state index contributed by atoms with van der Waals surface area (Å²) in [7, 11) is 0. The summed E-state index contributed by atoms with van der Waals surface area (Å²) in [5, 5.41) is 10.2. The summed E-state index contributed by atoms with van der Waals surface area (Å²) in [6.45, 7) is 12.3. The molecule has 0 radical (unpaired) electrons. The number of nitrogens with zero attached hydrogens (tertiary/aromatic N) is 2. The highest BCUT2D eigenvalue weighted by molar-refractivity contribution is 5.38. The second kappa shape index (κ2) is 8.63. The number of anilines is 1. The molecule has 0 aromatic carbocycles. The average Bonchev–Trinajstić information content (AvgIpc) is 2.53. The van der Waals surface area contributed by atoms with Crippen LogP contribution in [0.3, 0.4) is 0 Å². The number of piperidine rings is 1. The Morgan fingerprint density at radius 3 is 2.73 bits per heavy atom. The van der Waals surface area contributed by atoms with Crippen molar-refractivity contribution in [3.8, 4) is 0 Å². The summed E-state index contributed by atoms with van der Waals surface area (Å²) in [5.41, 5.74) is 0. The van der Waals surface area contributed by atoms with Gasteiger partial charge in [-0.15, -0.1) is 0 Å². The number of rotatable bonds is 8. The maximum absolute atomic E-state index is 4.42. The Hall–Kier alpha value is -1.75. The van der Waals surface area contributed by atoms with Gasteiger partial charge in [0, 0.05) is 44.5 Å². The maximum atomic E-state index is 4.42. The van der Waals surface area contributed by atoms with Crippen LogP contribution in [0.25, 0.3) is 0 Å². The van der Waals surface area contributed by atoms with E-state index in [2.05, 4.69) is 52.3 Å². The van der Waals surface area contributed by atoms with E-state index in [1.165, 1.54) is 0 Å². The Labute approximate surface area is 134 Å². The maximum Gasteiger partial charge on any atom is 0.128 e. The Morgan fingerprint density at radius 1 is 1.32 bits per heavy atom. The van der Waals surface area contributed by atoms with Gasteiger partial charge in [0.1, 0.15) is 5.82 Å². The van der Waals surface area contributed by atoms with Gasteiger partial charge in [-0.05, 0) is 25.0 Å². The summed E-state index contributed by atoms with van der Waals surface area (Å²) in [6.07, 6.45) is 4.08. The van der Waals surface area contributed by atoms with Crippen LogP contribution in [0.15, 0.2) is 36.8 Å². The van der Waals surface area contributed by atoms with E-state index < -0.39 is 0 Å². The number of hydrogen-bond donors (Lipinski definition) is 3. The van der Waals surface area contributed by atoms with Crippen LogP contribution in [0.5, 0.6) is 0 Å². The van der Waals surface area contributed by atoms with Crippen molar-refractivity contribution in [1.29, 1.82) is 0 Å². The molecule has 1 aromatic heterocycles. The molecule has 1 fully saturated rings. The predicted octanol–water partition coefficient (Wildman–Crippen LogP) is 1.70. The second-order valence-electron chi connectivity index (χ2n) is 6.11. The summed E-state index contributed by atoms with van der Waals surface area (Å²) in [5.74, 6) is 2.01. The zero-order valence-electron chi connectivity index (χ0n) is 13.8. The minimum atomic E-state index is 0.498. The molecule has 1 aromatic rings. The first-order chi connectivity index (χ1) is 10.6. The molecule has 122 valence electrons. The third-order valence-corrected chi connectivity index (χ3v) is 3.86. The van der Waals surface area contributed by atoms with E-state index in [1.54, 1.807) is 0 Å². The second-order valence-corrected chi connectivity index (χ2v) is 6.11. The molecule has 2 rings (SSSR count). The molecule has 0 atom stereocenters. The largest absolute Gasteiger partial charge is 0.371 e. The third kappa shape index (κ3) is 5.56. The van der Waals surface area contributed by atoms with Crippen molar-refractivity contribution < 1.29 is 0 Å². The SMILES string of the molecule is C=C(NCCNC(C)C)NC1CCN(c2ccccn2)CC1. The number of aromatic nitrogens is 1. The number of pyridine rings is 1. The molecule has 5 heteroatoms. The van der Waals surface area contributed by atoms with Crippen molar-refractivity contribution in [1.82, 2.24) is 20.9 Å². The molecule has 0 saturated carbocycles. The predicted molar refractivity (Wildman–Crippen MR) is 92.9 cm³/mol. The van der Waals surface area contributed by atoms with E-state index in [0.29, 0.717) is 12.1 Å². The normalized spacial score (nSPS) is 15.9. The molecule has 2 heterocycles. The van der Waals surface area contributed by atoms with Crippen molar-refractivity contribution in [3.63, 3.8) is 0 Å². The van der Waals surface area contributed by atoms with Gasteiger partial charge in [0.05, 0.1) is 5.82 Å². The molecule has 3 N–H and O–H groups in total. The van der Waals surface area contributed by atoms with E-state index in [-0.39, 0.29) is 0 Å². The first-order valence-corrected chi connectivity index (χ1v) is 8.24. The number of nitrogens with one attached hydrogen (secondary N) is 3. The van der Waals surface area contributed by atoms with Gasteiger partial charge >= 0.3 is 0 Å². The first-order valence-electron chi connectivity index (χ1n) is 8.24. The number of hydrogen-bond acceptors (Lipinski definition) is 5. The third-order valence-electron chi connectivity index (χ3n) is 3.86. The summed E-state index contributed by atoms with van der Waals surface area (Å²) in [4.78, 5) is 6.77. The lowest BCUT2D eigenvalue weighted by atomic mass is 10.1. The van der Waals surface area contributed by atoms with Crippen molar-refractivity contribution in [2.75, 3.05) is 31.1 Å². The molecule has 5 nitrogen and oxygen atoms in total. The lowest BCUT2D eigenvalue weighted by Crippen LogP contribution is -2.45. The van der Waals surface area contributed by atoms with Gasteiger partial charge in [-0.2, -0.15) is 0 Å². The first kappa shape index (κ1) is 16.6. The molecular weight excluding hydrogens is 274 g/mol. The molecule has 0 unspecified atom stereocenters. The van der Waals surface area contributed by atoms with Crippen LogP contribution in [0.2, 0.25) is 0 Å². The highest BCUT2D eigenvalue weighted by atomic mass is 15.2. The topological polar surface area (TPSA) is 52.2 Å². The standard InChI is InChI=1S/C17H29N5/c1-14(2)18-10-11-19-15(3)21-16-7-12-22(13-8-16)17-6-4-5-9-20-17/h4-6,9,14,16,18-19,21H,3,7-8,10-13H2,1-2H3. The lowest BCUT2D eigenvalue weighted by Gasteiger charge is -2.34. The van der Waals surface area contributed by atoms with Gasteiger partial charge in [0.2, 0.25) is 0 Å². The zero-order chi connectivity index (χ0) is 15.8. The van der Waals surface area contributed by atoms with Crippen molar-refractivity contribution >= 4 is 5.82 Å². The Balaban J connectivity index is 1.64. The Kier molecular flexibility index (Phi) is 6.52. The molecule has 0 spiro atoms. The van der Waals surface area contributed by atoms with Crippen molar-refractivity contribution in [2.24, 2.45) is 0 Å². The van der Waals surface area contributed by atoms with Gasteiger partial charge < -0.3 is 20.9 Å². The van der Waals surface area contributed by atoms with E-state index >= 15 is 0 Å². The van der Waals surface area contributed by atoms with Crippen LogP contribution in [0.1, 0.15) is 26.7 Å². The Bertz CT molecular complexity index is 438. The molecule has 1 saturated heterocycles. The van der Waals surface area contributed by atoms with Crippen LogP contribution in [0, 0.1) is 0 Å². The van der Waals surface area contributed by atoms with E-state index in [9.17, 15) is 0 Å². The van der Waals surface area contributed by atoms with E-state index in [4.69, 9.17) is 0 Å². The molecule has 1 aliphatic heterocycles. The van der Waals surface area contributed by atoms with Crippen molar-refractivity contribution in [2.45, 2.75) is 38.8 Å². The van der Waals surface area contributed by atoms with Crippen LogP contribution < -0.4 is 20.9 Å². The minimum Gasteiger partial charge on any atom is -0.371 e. The quantitative estimate of drug-likeness (QED) is 0.638. The van der Waals surface area contributed by atoms with E-state index in [0.717, 1.165) is 50.7 Å². The molecule has 1 aliphatic rings. The lowest BCUT2D eigenvalue weighted by molar-refractivity contribution is 0.430. The molecule has 0 amide bonds. The zero-order valence-corrected chi connectivity index (χ0v) is 13.8. The minimum absolute atomic E-state index is 0.498. The van der Waals surface area contributed by atoms with Crippen LogP contribution in [-0.4, -0.2) is 43.2 Å². The highest BCUT2D eigenvalue weighted by Crippen LogP contribution is 2.17. The average molecular weight is 303 g/mol. The molecular formula is C17H29N5. The smallest absolute Gasteiger partial charge is 0.128 e.